The number of carbonyl (C=O) groups excluding carboxylic acids is 3. The molecule has 0 saturated carbocycles. The van der Waals surface area contributed by atoms with E-state index in [2.05, 4.69) is 4.74 Å². The van der Waals surface area contributed by atoms with Crippen LogP contribution in [0, 0.1) is 0 Å². The summed E-state index contributed by atoms with van der Waals surface area (Å²) in [5.74, 6) is -3.24. The predicted molar refractivity (Wildman–Crippen MR) is 46.2 cm³/mol. The Morgan fingerprint density at radius 1 is 1.46 bits per heavy atom. The maximum absolute atomic E-state index is 11.3. The highest BCUT2D eigenvalue weighted by atomic mass is 16.5. The Kier molecular flexibility index (Phi) is 2.69. The summed E-state index contributed by atoms with van der Waals surface area (Å²) in [5, 5.41) is 0. The standard InChI is InChI=1S/C9H14O4/c1-3-5-7(10)6-8(11)9(12)13-4-2/h3-6H2,1-2H3/i1D3,3D2. The van der Waals surface area contributed by atoms with Crippen LogP contribution in [0.4, 0.5) is 0 Å². The predicted octanol–water partition coefficient (Wildman–Crippen LogP) is 0.878. The van der Waals surface area contributed by atoms with Gasteiger partial charge in [-0.1, -0.05) is 6.85 Å². The van der Waals surface area contributed by atoms with E-state index in [4.69, 9.17) is 6.85 Å². The van der Waals surface area contributed by atoms with Crippen molar-refractivity contribution in [1.82, 2.24) is 0 Å². The van der Waals surface area contributed by atoms with E-state index in [1.54, 1.807) is 0 Å². The Balaban J connectivity index is 4.45. The van der Waals surface area contributed by atoms with E-state index >= 15 is 0 Å². The van der Waals surface area contributed by atoms with E-state index in [0.717, 1.165) is 0 Å². The van der Waals surface area contributed by atoms with Gasteiger partial charge in [-0.3, -0.25) is 9.59 Å². The van der Waals surface area contributed by atoms with Gasteiger partial charge in [0.05, 0.1) is 13.0 Å². The van der Waals surface area contributed by atoms with E-state index in [1.807, 2.05) is 0 Å². The second kappa shape index (κ2) is 6.34. The number of Topliss-reactive ketones (excluding diaryl/α,β-unsaturated/α-hetero) is 2. The van der Waals surface area contributed by atoms with Crippen molar-refractivity contribution in [3.63, 3.8) is 0 Å². The van der Waals surface area contributed by atoms with Crippen LogP contribution in [-0.2, 0) is 19.1 Å². The fraction of sp³-hybridized carbons (Fsp3) is 0.667. The average molecular weight is 191 g/mol. The van der Waals surface area contributed by atoms with Crippen LogP contribution in [0.25, 0.3) is 0 Å². The Bertz CT molecular complexity index is 347. The van der Waals surface area contributed by atoms with Crippen LogP contribution in [0.2, 0.25) is 0 Å². The minimum Gasteiger partial charge on any atom is -0.460 e. The highest BCUT2D eigenvalue weighted by molar-refractivity contribution is 6.37. The molecule has 0 aliphatic carbocycles. The second-order valence-corrected chi connectivity index (χ2v) is 2.21. The lowest BCUT2D eigenvalue weighted by atomic mass is 10.1. The minimum atomic E-state index is -2.96. The molecule has 0 saturated heterocycles. The van der Waals surface area contributed by atoms with Gasteiger partial charge >= 0.3 is 5.97 Å². The number of hydrogen-bond acceptors (Lipinski definition) is 4. The average Bonchev–Trinajstić information content (AvgIpc) is 2.14. The summed E-state index contributed by atoms with van der Waals surface area (Å²) in [7, 11) is 0. The highest BCUT2D eigenvalue weighted by Gasteiger charge is 2.17. The van der Waals surface area contributed by atoms with Crippen molar-refractivity contribution in [3.8, 4) is 0 Å². The Hall–Kier alpha value is -1.19. The van der Waals surface area contributed by atoms with Gasteiger partial charge in [-0.2, -0.15) is 0 Å². The van der Waals surface area contributed by atoms with Gasteiger partial charge in [0.25, 0.3) is 0 Å². The molecule has 0 aliphatic heterocycles. The minimum absolute atomic E-state index is 0.0190. The molecule has 0 radical (unpaired) electrons. The number of hydrogen-bond donors (Lipinski definition) is 0. The summed E-state index contributed by atoms with van der Waals surface area (Å²) < 4.78 is 39.4. The zero-order valence-electron chi connectivity index (χ0n) is 12.3. The molecule has 0 spiro atoms. The lowest BCUT2D eigenvalue weighted by molar-refractivity contribution is -0.154. The van der Waals surface area contributed by atoms with Crippen molar-refractivity contribution in [2.75, 3.05) is 6.61 Å². The molecule has 0 heterocycles. The van der Waals surface area contributed by atoms with Crippen LogP contribution >= 0.6 is 0 Å². The van der Waals surface area contributed by atoms with Gasteiger partial charge in [0.2, 0.25) is 5.78 Å². The molecular weight excluding hydrogens is 172 g/mol. The normalized spacial score (nSPS) is 17.2. The quantitative estimate of drug-likeness (QED) is 0.355. The summed E-state index contributed by atoms with van der Waals surface area (Å²) in [4.78, 5) is 33.3. The molecule has 4 nitrogen and oxygen atoms in total. The van der Waals surface area contributed by atoms with Crippen molar-refractivity contribution >= 4 is 17.5 Å². The summed E-state index contributed by atoms with van der Waals surface area (Å²) in [5.41, 5.74) is 0. The van der Waals surface area contributed by atoms with E-state index in [0.29, 0.717) is 0 Å². The molecule has 74 valence electrons. The van der Waals surface area contributed by atoms with Crippen molar-refractivity contribution in [2.45, 2.75) is 33.0 Å². The fourth-order valence-corrected chi connectivity index (χ4v) is 0.624. The third-order valence-corrected chi connectivity index (χ3v) is 1.15. The summed E-state index contributed by atoms with van der Waals surface area (Å²) in [6, 6.07) is 0. The molecule has 0 aliphatic rings. The first kappa shape index (κ1) is 5.52. The molecule has 0 aromatic rings. The highest BCUT2D eigenvalue weighted by Crippen LogP contribution is 1.96. The van der Waals surface area contributed by atoms with Crippen LogP contribution < -0.4 is 0 Å². The molecule has 0 amide bonds. The van der Waals surface area contributed by atoms with E-state index < -0.39 is 43.6 Å². The molecule has 0 rings (SSSR count). The van der Waals surface area contributed by atoms with Crippen LogP contribution in [0.1, 0.15) is 39.8 Å². The van der Waals surface area contributed by atoms with Gasteiger partial charge in [0, 0.05) is 13.3 Å². The first-order chi connectivity index (χ1) is 8.01. The maximum Gasteiger partial charge on any atom is 0.375 e. The lowest BCUT2D eigenvalue weighted by Crippen LogP contribution is -2.20. The molecular formula is C9H14O4. The van der Waals surface area contributed by atoms with Crippen molar-refractivity contribution in [2.24, 2.45) is 0 Å². The number of carbonyl (C=O) groups is 3. The Labute approximate surface area is 84.3 Å². The van der Waals surface area contributed by atoms with Crippen LogP contribution in [0.15, 0.2) is 0 Å². The number of esters is 1. The molecule has 0 N–H and O–H groups in total. The Morgan fingerprint density at radius 3 is 2.69 bits per heavy atom. The van der Waals surface area contributed by atoms with Crippen molar-refractivity contribution in [1.29, 1.82) is 0 Å². The smallest absolute Gasteiger partial charge is 0.375 e. The third-order valence-electron chi connectivity index (χ3n) is 1.15. The van der Waals surface area contributed by atoms with Gasteiger partial charge in [-0.15, -0.1) is 0 Å². The third kappa shape index (κ3) is 5.11. The summed E-state index contributed by atoms with van der Waals surface area (Å²) in [6.45, 7) is -1.50. The molecule has 0 aromatic heterocycles. The van der Waals surface area contributed by atoms with Gasteiger partial charge < -0.3 is 4.74 Å². The molecule has 0 aromatic carbocycles. The Morgan fingerprint density at radius 2 is 2.15 bits per heavy atom. The molecule has 13 heavy (non-hydrogen) atoms. The largest absolute Gasteiger partial charge is 0.460 e. The SMILES string of the molecule is [2H]C([2H])([2H])C([2H])([2H])CC(=O)CC(=O)C(=O)OCC. The van der Waals surface area contributed by atoms with Crippen LogP contribution in [-0.4, -0.2) is 24.1 Å². The number of rotatable bonds is 6. The number of ether oxygens (including phenoxy) is 1. The molecule has 0 atom stereocenters. The first-order valence-electron chi connectivity index (χ1n) is 6.23. The van der Waals surface area contributed by atoms with E-state index in [-0.39, 0.29) is 6.61 Å². The van der Waals surface area contributed by atoms with E-state index in [1.165, 1.54) is 6.92 Å². The topological polar surface area (TPSA) is 60.4 Å². The summed E-state index contributed by atoms with van der Waals surface area (Å²) >= 11 is 0. The van der Waals surface area contributed by atoms with Crippen molar-refractivity contribution in [3.05, 3.63) is 0 Å². The van der Waals surface area contributed by atoms with Gasteiger partial charge in [0.1, 0.15) is 5.78 Å². The maximum atomic E-state index is 11.3. The molecule has 0 unspecified atom stereocenters. The molecule has 4 heteroatoms. The van der Waals surface area contributed by atoms with Gasteiger partial charge in [-0.25, -0.2) is 4.79 Å². The van der Waals surface area contributed by atoms with Gasteiger partial charge in [0.15, 0.2) is 0 Å². The number of ketones is 2. The second-order valence-electron chi connectivity index (χ2n) is 2.21. The molecule has 0 fully saturated rings. The van der Waals surface area contributed by atoms with Gasteiger partial charge in [-0.05, 0) is 13.3 Å². The first-order valence-corrected chi connectivity index (χ1v) is 3.73. The summed E-state index contributed by atoms with van der Waals surface area (Å²) in [6.07, 6.45) is -4.53. The lowest BCUT2D eigenvalue weighted by Gasteiger charge is -1.99. The van der Waals surface area contributed by atoms with Crippen LogP contribution in [0.5, 0.6) is 0 Å². The zero-order chi connectivity index (χ0) is 14.6. The fourth-order valence-electron chi connectivity index (χ4n) is 0.624. The zero-order valence-corrected chi connectivity index (χ0v) is 7.25. The monoisotopic (exact) mass is 191 g/mol. The molecule has 0 bridgehead atoms. The van der Waals surface area contributed by atoms with E-state index in [9.17, 15) is 14.4 Å². The van der Waals surface area contributed by atoms with Crippen LogP contribution in [0.3, 0.4) is 0 Å². The van der Waals surface area contributed by atoms with Crippen molar-refractivity contribution < 1.29 is 26.0 Å².